The summed E-state index contributed by atoms with van der Waals surface area (Å²) in [5.74, 6) is 0.707. The zero-order valence-corrected chi connectivity index (χ0v) is 24.1. The van der Waals surface area contributed by atoms with Crippen LogP contribution in [0.3, 0.4) is 0 Å². The van der Waals surface area contributed by atoms with Gasteiger partial charge in [-0.3, -0.25) is 14.4 Å². The van der Waals surface area contributed by atoms with Crippen LogP contribution < -0.4 is 30.7 Å². The minimum Gasteiger partial charge on any atom is -0.454 e. The van der Waals surface area contributed by atoms with Crippen molar-refractivity contribution in [3.05, 3.63) is 83.4 Å². The minimum absolute atomic E-state index is 0.0835. The molecular weight excluding hydrogens is 546 g/mol. The number of carbonyl (C=O) groups is 3. The van der Waals surface area contributed by atoms with E-state index in [0.29, 0.717) is 60.9 Å². The molecule has 6 rings (SSSR count). The van der Waals surface area contributed by atoms with E-state index >= 15 is 0 Å². The summed E-state index contributed by atoms with van der Waals surface area (Å²) < 4.78 is 10.8. The molecule has 0 unspecified atom stereocenters. The average molecular weight is 584 g/mol. The summed E-state index contributed by atoms with van der Waals surface area (Å²) in [5, 5.41) is 6.17. The first kappa shape index (κ1) is 28.5. The van der Waals surface area contributed by atoms with E-state index < -0.39 is 0 Å². The van der Waals surface area contributed by atoms with Gasteiger partial charge in [0.25, 0.3) is 11.8 Å². The third-order valence-electron chi connectivity index (χ3n) is 8.42. The van der Waals surface area contributed by atoms with Gasteiger partial charge in [-0.25, -0.2) is 0 Å². The van der Waals surface area contributed by atoms with Gasteiger partial charge in [0, 0.05) is 49.4 Å². The Morgan fingerprint density at radius 1 is 0.791 bits per heavy atom. The molecule has 1 aliphatic carbocycles. The Hall–Kier alpha value is -4.57. The first-order valence-electron chi connectivity index (χ1n) is 14.9. The third kappa shape index (κ3) is 6.75. The van der Waals surface area contributed by atoms with Gasteiger partial charge in [-0.15, -0.1) is 0 Å². The highest BCUT2D eigenvalue weighted by molar-refractivity contribution is 6.07. The molecule has 3 aromatic rings. The fourth-order valence-electron chi connectivity index (χ4n) is 5.90. The summed E-state index contributed by atoms with van der Waals surface area (Å²) in [5.41, 5.74) is 9.24. The summed E-state index contributed by atoms with van der Waals surface area (Å²) in [6.07, 6.45) is 3.85. The van der Waals surface area contributed by atoms with Crippen molar-refractivity contribution >= 4 is 29.1 Å². The highest BCUT2D eigenvalue weighted by Crippen LogP contribution is 2.34. The van der Waals surface area contributed by atoms with Crippen LogP contribution in [-0.4, -0.2) is 67.7 Å². The van der Waals surface area contributed by atoms with Crippen LogP contribution in [0, 0.1) is 0 Å². The molecule has 0 aromatic heterocycles. The molecule has 3 aliphatic rings. The molecule has 0 atom stereocenters. The van der Waals surface area contributed by atoms with Gasteiger partial charge >= 0.3 is 0 Å². The molecule has 0 bridgehead atoms. The molecule has 2 heterocycles. The highest BCUT2D eigenvalue weighted by Gasteiger charge is 2.26. The number of hydrogen-bond donors (Lipinski definition) is 3. The standard InChI is InChI=1S/C33H37N5O5/c34-25-8-10-26(11-9-25)35-32(40)23-6-12-28(27(19-23)36-33(41)24-7-13-29-30(20-24)43-21-42-29)37-14-16-38(17-15-37)31(39)18-22-4-2-1-3-5-22/h1-7,12-13,19-20,25-26H,8-11,14-18,21,34H2,(H,35,40)(H,36,41). The number of rotatable bonds is 7. The van der Waals surface area contributed by atoms with Crippen molar-refractivity contribution < 1.29 is 23.9 Å². The van der Waals surface area contributed by atoms with Crippen molar-refractivity contribution in [1.82, 2.24) is 10.2 Å². The third-order valence-corrected chi connectivity index (χ3v) is 8.42. The van der Waals surface area contributed by atoms with E-state index in [4.69, 9.17) is 15.2 Å². The SMILES string of the molecule is NC1CCC(NC(=O)c2ccc(N3CCN(C(=O)Cc4ccccc4)CC3)c(NC(=O)c3ccc4c(c3)OCO4)c2)CC1. The van der Waals surface area contributed by atoms with Crippen LogP contribution in [0.25, 0.3) is 0 Å². The predicted molar refractivity (Wildman–Crippen MR) is 164 cm³/mol. The molecule has 3 amide bonds. The lowest BCUT2D eigenvalue weighted by atomic mass is 9.91. The molecule has 0 spiro atoms. The molecule has 10 nitrogen and oxygen atoms in total. The summed E-state index contributed by atoms with van der Waals surface area (Å²) >= 11 is 0. The Kier molecular flexibility index (Phi) is 8.46. The number of hydrogen-bond acceptors (Lipinski definition) is 7. The van der Waals surface area contributed by atoms with Gasteiger partial charge in [0.1, 0.15) is 0 Å². The first-order valence-corrected chi connectivity index (χ1v) is 14.9. The topological polar surface area (TPSA) is 126 Å². The molecule has 1 saturated heterocycles. The maximum atomic E-state index is 13.4. The number of anilines is 2. The van der Waals surface area contributed by atoms with Crippen molar-refractivity contribution in [3.8, 4) is 11.5 Å². The number of amides is 3. The molecular formula is C33H37N5O5. The van der Waals surface area contributed by atoms with E-state index in [0.717, 1.165) is 36.9 Å². The number of ether oxygens (including phenoxy) is 2. The van der Waals surface area contributed by atoms with Crippen LogP contribution in [-0.2, 0) is 11.2 Å². The lowest BCUT2D eigenvalue weighted by Gasteiger charge is -2.37. The van der Waals surface area contributed by atoms with Crippen LogP contribution in [0.15, 0.2) is 66.7 Å². The van der Waals surface area contributed by atoms with Crippen LogP contribution in [0.2, 0.25) is 0 Å². The smallest absolute Gasteiger partial charge is 0.255 e. The van der Waals surface area contributed by atoms with Crippen molar-refractivity contribution in [1.29, 1.82) is 0 Å². The lowest BCUT2D eigenvalue weighted by molar-refractivity contribution is -0.130. The minimum atomic E-state index is -0.324. The lowest BCUT2D eigenvalue weighted by Crippen LogP contribution is -2.49. The van der Waals surface area contributed by atoms with Gasteiger partial charge in [0.05, 0.1) is 17.8 Å². The molecule has 43 heavy (non-hydrogen) atoms. The van der Waals surface area contributed by atoms with Crippen LogP contribution in [0.5, 0.6) is 11.5 Å². The average Bonchev–Trinajstić information content (AvgIpc) is 3.51. The number of piperazine rings is 1. The zero-order chi connectivity index (χ0) is 29.8. The fraction of sp³-hybridized carbons (Fsp3) is 0.364. The maximum Gasteiger partial charge on any atom is 0.255 e. The number of nitrogens with one attached hydrogen (secondary N) is 2. The first-order chi connectivity index (χ1) is 20.9. The van der Waals surface area contributed by atoms with Crippen molar-refractivity contribution in [2.24, 2.45) is 5.73 Å². The summed E-state index contributed by atoms with van der Waals surface area (Å²) in [6, 6.07) is 20.5. The van der Waals surface area contributed by atoms with E-state index in [1.807, 2.05) is 41.3 Å². The van der Waals surface area contributed by atoms with Crippen LogP contribution in [0.4, 0.5) is 11.4 Å². The zero-order valence-electron chi connectivity index (χ0n) is 24.1. The van der Waals surface area contributed by atoms with Gasteiger partial charge < -0.3 is 35.6 Å². The van der Waals surface area contributed by atoms with Gasteiger partial charge in [-0.2, -0.15) is 0 Å². The van der Waals surface area contributed by atoms with Gasteiger partial charge in [0.2, 0.25) is 12.7 Å². The van der Waals surface area contributed by atoms with E-state index in [9.17, 15) is 14.4 Å². The number of nitrogens with zero attached hydrogens (tertiary/aromatic N) is 2. The molecule has 4 N–H and O–H groups in total. The van der Waals surface area contributed by atoms with Gasteiger partial charge in [-0.05, 0) is 67.6 Å². The summed E-state index contributed by atoms with van der Waals surface area (Å²) in [4.78, 5) is 43.6. The maximum absolute atomic E-state index is 13.4. The molecule has 3 aromatic carbocycles. The van der Waals surface area contributed by atoms with E-state index in [-0.39, 0.29) is 36.6 Å². The Balaban J connectivity index is 1.18. The summed E-state index contributed by atoms with van der Waals surface area (Å²) in [6.45, 7) is 2.44. The Morgan fingerprint density at radius 2 is 1.49 bits per heavy atom. The van der Waals surface area contributed by atoms with Crippen LogP contribution in [0.1, 0.15) is 52.0 Å². The van der Waals surface area contributed by atoms with Crippen molar-refractivity contribution in [2.45, 2.75) is 44.2 Å². The molecule has 1 saturated carbocycles. The number of fused-ring (bicyclic) bond motifs is 1. The molecule has 2 fully saturated rings. The van der Waals surface area contributed by atoms with E-state index in [1.165, 1.54) is 0 Å². The predicted octanol–water partition coefficient (Wildman–Crippen LogP) is 3.56. The quantitative estimate of drug-likeness (QED) is 0.388. The monoisotopic (exact) mass is 583 g/mol. The largest absolute Gasteiger partial charge is 0.454 e. The summed E-state index contributed by atoms with van der Waals surface area (Å²) in [7, 11) is 0. The number of carbonyl (C=O) groups excluding carboxylic acids is 3. The Bertz CT molecular complexity index is 1480. The van der Waals surface area contributed by atoms with E-state index in [1.54, 1.807) is 30.3 Å². The fourth-order valence-corrected chi connectivity index (χ4v) is 5.90. The Morgan fingerprint density at radius 3 is 2.26 bits per heavy atom. The number of nitrogens with two attached hydrogens (primary N) is 1. The number of benzene rings is 3. The second kappa shape index (κ2) is 12.7. The Labute approximate surface area is 251 Å². The van der Waals surface area contributed by atoms with Crippen LogP contribution >= 0.6 is 0 Å². The molecule has 0 radical (unpaired) electrons. The molecule has 224 valence electrons. The van der Waals surface area contributed by atoms with Gasteiger partial charge in [-0.1, -0.05) is 30.3 Å². The molecule has 10 heteroatoms. The molecule has 2 aliphatic heterocycles. The van der Waals surface area contributed by atoms with Crippen molar-refractivity contribution in [2.75, 3.05) is 43.2 Å². The normalized spacial score (nSPS) is 19.6. The highest BCUT2D eigenvalue weighted by atomic mass is 16.7. The second-order valence-electron chi connectivity index (χ2n) is 11.4. The van der Waals surface area contributed by atoms with Crippen molar-refractivity contribution in [3.63, 3.8) is 0 Å². The van der Waals surface area contributed by atoms with Gasteiger partial charge in [0.15, 0.2) is 11.5 Å². The second-order valence-corrected chi connectivity index (χ2v) is 11.4. The van der Waals surface area contributed by atoms with E-state index in [2.05, 4.69) is 15.5 Å².